The van der Waals surface area contributed by atoms with E-state index < -0.39 is 0 Å². The van der Waals surface area contributed by atoms with Crippen molar-refractivity contribution in [1.29, 1.82) is 0 Å². The lowest BCUT2D eigenvalue weighted by atomic mass is 10.0. The van der Waals surface area contributed by atoms with Gasteiger partial charge in [0.25, 0.3) is 5.91 Å². The summed E-state index contributed by atoms with van der Waals surface area (Å²) in [5.41, 5.74) is 4.06. The van der Waals surface area contributed by atoms with Gasteiger partial charge in [-0.15, -0.1) is 0 Å². The van der Waals surface area contributed by atoms with E-state index >= 15 is 0 Å². The van der Waals surface area contributed by atoms with E-state index in [-0.39, 0.29) is 17.9 Å². The molecule has 0 spiro atoms. The molecule has 1 heterocycles. The van der Waals surface area contributed by atoms with Crippen molar-refractivity contribution in [3.05, 3.63) is 95.8 Å². The summed E-state index contributed by atoms with van der Waals surface area (Å²) in [6, 6.07) is 24.5. The van der Waals surface area contributed by atoms with Gasteiger partial charge >= 0.3 is 0 Å². The highest BCUT2D eigenvalue weighted by molar-refractivity contribution is 5.97. The number of carbonyl (C=O) groups excluding carboxylic acids is 2. The number of rotatable bonds is 6. The summed E-state index contributed by atoms with van der Waals surface area (Å²) >= 11 is 0. The maximum absolute atomic E-state index is 13.1. The van der Waals surface area contributed by atoms with Gasteiger partial charge in [-0.25, -0.2) is 4.98 Å². The van der Waals surface area contributed by atoms with Crippen LogP contribution in [-0.2, 0) is 18.3 Å². The Hall–Kier alpha value is -3.93. The normalized spacial score (nSPS) is 11.8. The van der Waals surface area contributed by atoms with Crippen LogP contribution in [-0.4, -0.2) is 21.4 Å². The maximum Gasteiger partial charge on any atom is 0.251 e. The van der Waals surface area contributed by atoms with E-state index in [1.54, 1.807) is 24.3 Å². The quantitative estimate of drug-likeness (QED) is 0.497. The minimum absolute atomic E-state index is 0.179. The molecule has 0 aliphatic carbocycles. The van der Waals surface area contributed by atoms with Crippen LogP contribution in [0.15, 0.2) is 78.9 Å². The zero-order valence-electron chi connectivity index (χ0n) is 17.5. The number of nitrogens with zero attached hydrogens (tertiary/aromatic N) is 2. The molecule has 4 rings (SSSR count). The van der Waals surface area contributed by atoms with Crippen molar-refractivity contribution in [2.75, 3.05) is 5.32 Å². The average molecular weight is 412 g/mol. The highest BCUT2D eigenvalue weighted by Gasteiger charge is 2.20. The SMILES string of the molecule is CC(=O)Nc1cccc(C(=O)N[C@@H](Cc2nc3ccccc3n2C)c2ccccc2)c1. The zero-order chi connectivity index (χ0) is 21.8. The molecule has 0 aliphatic rings. The number of hydrogen-bond acceptors (Lipinski definition) is 3. The predicted molar refractivity (Wildman–Crippen MR) is 122 cm³/mol. The summed E-state index contributed by atoms with van der Waals surface area (Å²) in [4.78, 5) is 29.2. The third-order valence-electron chi connectivity index (χ3n) is 5.22. The maximum atomic E-state index is 13.1. The van der Waals surface area contributed by atoms with Crippen molar-refractivity contribution in [3.63, 3.8) is 0 Å². The molecular formula is C25H24N4O2. The molecule has 4 aromatic rings. The van der Waals surface area contributed by atoms with Gasteiger partial charge in [-0.1, -0.05) is 48.5 Å². The summed E-state index contributed by atoms with van der Waals surface area (Å²) in [6.07, 6.45) is 0.548. The van der Waals surface area contributed by atoms with E-state index in [9.17, 15) is 9.59 Å². The first-order valence-corrected chi connectivity index (χ1v) is 10.1. The van der Waals surface area contributed by atoms with Gasteiger partial charge < -0.3 is 15.2 Å². The number of imidazole rings is 1. The zero-order valence-corrected chi connectivity index (χ0v) is 17.5. The van der Waals surface area contributed by atoms with Crippen molar-refractivity contribution < 1.29 is 9.59 Å². The first kappa shape index (κ1) is 20.3. The summed E-state index contributed by atoms with van der Waals surface area (Å²) < 4.78 is 2.06. The fraction of sp³-hybridized carbons (Fsp3) is 0.160. The van der Waals surface area contributed by atoms with Crippen molar-refractivity contribution in [1.82, 2.24) is 14.9 Å². The molecule has 6 nitrogen and oxygen atoms in total. The van der Waals surface area contributed by atoms with E-state index in [0.29, 0.717) is 17.7 Å². The van der Waals surface area contributed by atoms with Crippen molar-refractivity contribution in [2.45, 2.75) is 19.4 Å². The Morgan fingerprint density at radius 2 is 1.71 bits per heavy atom. The number of para-hydroxylation sites is 2. The topological polar surface area (TPSA) is 76.0 Å². The second-order valence-corrected chi connectivity index (χ2v) is 7.48. The van der Waals surface area contributed by atoms with Gasteiger partial charge in [-0.3, -0.25) is 9.59 Å². The minimum atomic E-state index is -0.256. The molecule has 2 amide bonds. The molecule has 0 saturated carbocycles. The molecule has 156 valence electrons. The van der Waals surface area contributed by atoms with Crippen molar-refractivity contribution >= 4 is 28.5 Å². The van der Waals surface area contributed by atoms with Gasteiger partial charge in [-0.05, 0) is 35.9 Å². The second kappa shape index (κ2) is 8.83. The molecule has 1 atom stereocenters. The lowest BCUT2D eigenvalue weighted by Crippen LogP contribution is -2.30. The van der Waals surface area contributed by atoms with E-state index in [1.807, 2.05) is 61.6 Å². The van der Waals surface area contributed by atoms with Gasteiger partial charge in [0, 0.05) is 31.6 Å². The molecule has 0 radical (unpaired) electrons. The number of benzene rings is 3. The smallest absolute Gasteiger partial charge is 0.251 e. The molecule has 0 saturated heterocycles. The lowest BCUT2D eigenvalue weighted by molar-refractivity contribution is -0.114. The van der Waals surface area contributed by atoms with Crippen LogP contribution in [0.5, 0.6) is 0 Å². The average Bonchev–Trinajstić information content (AvgIpc) is 3.09. The molecule has 2 N–H and O–H groups in total. The van der Waals surface area contributed by atoms with Crippen molar-refractivity contribution in [2.24, 2.45) is 7.05 Å². The fourth-order valence-corrected chi connectivity index (χ4v) is 3.68. The number of aromatic nitrogens is 2. The lowest BCUT2D eigenvalue weighted by Gasteiger charge is -2.19. The minimum Gasteiger partial charge on any atom is -0.345 e. The summed E-state index contributed by atoms with van der Waals surface area (Å²) in [5.74, 6) is 0.503. The number of aryl methyl sites for hydroxylation is 1. The van der Waals surface area contributed by atoms with Crippen LogP contribution in [0.1, 0.15) is 34.7 Å². The summed E-state index contributed by atoms with van der Waals surface area (Å²) in [6.45, 7) is 1.44. The largest absolute Gasteiger partial charge is 0.345 e. The summed E-state index contributed by atoms with van der Waals surface area (Å²) in [5, 5.41) is 5.86. The Balaban J connectivity index is 1.62. The van der Waals surface area contributed by atoms with Gasteiger partial charge in [-0.2, -0.15) is 0 Å². The monoisotopic (exact) mass is 412 g/mol. The predicted octanol–water partition coefficient (Wildman–Crippen LogP) is 4.25. The fourth-order valence-electron chi connectivity index (χ4n) is 3.68. The Morgan fingerprint density at radius 1 is 0.968 bits per heavy atom. The van der Waals surface area contributed by atoms with Gasteiger partial charge in [0.15, 0.2) is 0 Å². The van der Waals surface area contributed by atoms with E-state index in [1.165, 1.54) is 6.92 Å². The molecule has 6 heteroatoms. The molecule has 0 bridgehead atoms. The Kier molecular flexibility index (Phi) is 5.80. The van der Waals surface area contributed by atoms with Crippen LogP contribution < -0.4 is 10.6 Å². The van der Waals surface area contributed by atoms with Crippen LogP contribution in [0.2, 0.25) is 0 Å². The van der Waals surface area contributed by atoms with Gasteiger partial charge in [0.05, 0.1) is 17.1 Å². The Labute approximate surface area is 180 Å². The third-order valence-corrected chi connectivity index (χ3v) is 5.22. The number of anilines is 1. The van der Waals surface area contributed by atoms with Gasteiger partial charge in [0.1, 0.15) is 5.82 Å². The third kappa shape index (κ3) is 4.64. The first-order valence-electron chi connectivity index (χ1n) is 10.1. The van der Waals surface area contributed by atoms with E-state index in [4.69, 9.17) is 4.98 Å². The molecule has 0 fully saturated rings. The van der Waals surface area contributed by atoms with Crippen LogP contribution in [0.4, 0.5) is 5.69 Å². The van der Waals surface area contributed by atoms with E-state index in [0.717, 1.165) is 22.4 Å². The Morgan fingerprint density at radius 3 is 2.45 bits per heavy atom. The van der Waals surface area contributed by atoms with Crippen LogP contribution in [0.3, 0.4) is 0 Å². The number of carbonyl (C=O) groups is 2. The number of nitrogens with one attached hydrogen (secondary N) is 2. The summed E-state index contributed by atoms with van der Waals surface area (Å²) in [7, 11) is 1.99. The molecule has 3 aromatic carbocycles. The molecule has 0 unspecified atom stereocenters. The van der Waals surface area contributed by atoms with Crippen molar-refractivity contribution in [3.8, 4) is 0 Å². The molecule has 0 aliphatic heterocycles. The van der Waals surface area contributed by atoms with E-state index in [2.05, 4.69) is 15.2 Å². The van der Waals surface area contributed by atoms with Crippen LogP contribution in [0, 0.1) is 0 Å². The number of amides is 2. The molecule has 31 heavy (non-hydrogen) atoms. The van der Waals surface area contributed by atoms with Crippen LogP contribution in [0.25, 0.3) is 11.0 Å². The second-order valence-electron chi connectivity index (χ2n) is 7.48. The first-order chi connectivity index (χ1) is 15.0. The van der Waals surface area contributed by atoms with Gasteiger partial charge in [0.2, 0.25) is 5.91 Å². The molecular weight excluding hydrogens is 388 g/mol. The van der Waals surface area contributed by atoms with Crippen LogP contribution >= 0.6 is 0 Å². The Bertz CT molecular complexity index is 1230. The standard InChI is InChI=1S/C25H24N4O2/c1-17(30)26-20-12-8-11-19(15-20)25(31)28-22(18-9-4-3-5-10-18)16-24-27-21-13-6-7-14-23(21)29(24)2/h3-15,22H,16H2,1-2H3,(H,26,30)(H,28,31)/t22-/m0/s1. The highest BCUT2D eigenvalue weighted by atomic mass is 16.2. The number of fused-ring (bicyclic) bond motifs is 1. The highest BCUT2D eigenvalue weighted by Crippen LogP contribution is 2.22. The molecule has 1 aromatic heterocycles. The number of hydrogen-bond donors (Lipinski definition) is 2.